The van der Waals surface area contributed by atoms with Crippen molar-refractivity contribution in [2.45, 2.75) is 39.7 Å². The van der Waals surface area contributed by atoms with E-state index in [-0.39, 0.29) is 6.04 Å². The van der Waals surface area contributed by atoms with E-state index in [2.05, 4.69) is 56.3 Å². The number of benzene rings is 4. The van der Waals surface area contributed by atoms with E-state index in [0.717, 1.165) is 24.0 Å². The topological polar surface area (TPSA) is 55.5 Å². The zero-order valence-corrected chi connectivity index (χ0v) is 18.9. The second-order valence-corrected chi connectivity index (χ2v) is 8.69. The van der Waals surface area contributed by atoms with Crippen molar-refractivity contribution in [3.63, 3.8) is 0 Å². The predicted molar refractivity (Wildman–Crippen MR) is 132 cm³/mol. The summed E-state index contributed by atoms with van der Waals surface area (Å²) < 4.78 is 5.20. The highest BCUT2D eigenvalue weighted by molar-refractivity contribution is 5.85. The number of hydrogen-bond acceptors (Lipinski definition) is 3. The molecule has 4 aromatic rings. The molecule has 1 atom stereocenters. The summed E-state index contributed by atoms with van der Waals surface area (Å²) in [4.78, 5) is 0. The molecule has 3 heteroatoms. The maximum absolute atomic E-state index is 9.34. The van der Waals surface area contributed by atoms with E-state index in [1.54, 1.807) is 19.2 Å². The lowest BCUT2D eigenvalue weighted by atomic mass is 10.00. The number of ether oxygens (including phenoxy) is 1. The molecular formula is C28H33NO2. The Labute approximate surface area is 185 Å². The molecule has 0 spiro atoms. The number of methoxy groups -OCH3 is 1. The minimum Gasteiger partial charge on any atom is -0.508 e. The van der Waals surface area contributed by atoms with Gasteiger partial charge in [0, 0.05) is 6.04 Å². The Bertz CT molecular complexity index is 1150. The summed E-state index contributed by atoms with van der Waals surface area (Å²) in [6, 6.07) is 24.7. The van der Waals surface area contributed by atoms with Crippen LogP contribution in [0.25, 0.3) is 21.5 Å². The lowest BCUT2D eigenvalue weighted by Gasteiger charge is -2.07. The summed E-state index contributed by atoms with van der Waals surface area (Å²) in [5, 5.41) is 14.1. The molecule has 4 aromatic carbocycles. The average molecular weight is 416 g/mol. The predicted octanol–water partition coefficient (Wildman–Crippen LogP) is 6.48. The quantitative estimate of drug-likeness (QED) is 0.392. The molecule has 0 saturated heterocycles. The zero-order chi connectivity index (χ0) is 22.4. The summed E-state index contributed by atoms with van der Waals surface area (Å²) in [5.74, 6) is 1.91. The molecule has 3 N–H and O–H groups in total. The fourth-order valence-corrected chi connectivity index (χ4v) is 3.78. The Morgan fingerprint density at radius 2 is 1.23 bits per heavy atom. The van der Waals surface area contributed by atoms with Crippen molar-refractivity contribution in [1.82, 2.24) is 0 Å². The summed E-state index contributed by atoms with van der Waals surface area (Å²) in [5.41, 5.74) is 8.44. The maximum Gasteiger partial charge on any atom is 0.119 e. The van der Waals surface area contributed by atoms with Gasteiger partial charge in [-0.3, -0.25) is 0 Å². The fraction of sp³-hybridized carbons (Fsp3) is 0.286. The zero-order valence-electron chi connectivity index (χ0n) is 18.9. The summed E-state index contributed by atoms with van der Waals surface area (Å²) in [6.45, 7) is 6.47. The Morgan fingerprint density at radius 3 is 1.81 bits per heavy atom. The van der Waals surface area contributed by atoms with Gasteiger partial charge in [-0.25, -0.2) is 0 Å². The molecule has 1 unspecified atom stereocenters. The number of fused-ring (bicyclic) bond motifs is 2. The maximum atomic E-state index is 9.34. The Balaban J connectivity index is 0.000000176. The van der Waals surface area contributed by atoms with Gasteiger partial charge in [0.2, 0.25) is 0 Å². The molecule has 0 radical (unpaired) electrons. The van der Waals surface area contributed by atoms with E-state index in [0.29, 0.717) is 11.7 Å². The van der Waals surface area contributed by atoms with Crippen molar-refractivity contribution in [3.8, 4) is 11.5 Å². The van der Waals surface area contributed by atoms with Gasteiger partial charge in [-0.15, -0.1) is 0 Å². The third-order valence-electron chi connectivity index (χ3n) is 5.20. The molecule has 3 nitrogen and oxygen atoms in total. The lowest BCUT2D eigenvalue weighted by molar-refractivity contribution is 0.415. The van der Waals surface area contributed by atoms with Crippen LogP contribution < -0.4 is 10.5 Å². The molecule has 0 aliphatic carbocycles. The van der Waals surface area contributed by atoms with Crippen LogP contribution in [0.15, 0.2) is 72.8 Å². The van der Waals surface area contributed by atoms with Crippen LogP contribution in [0, 0.1) is 5.92 Å². The smallest absolute Gasteiger partial charge is 0.119 e. The van der Waals surface area contributed by atoms with E-state index in [1.165, 1.54) is 27.3 Å². The first-order chi connectivity index (χ1) is 14.8. The molecule has 0 aliphatic heterocycles. The lowest BCUT2D eigenvalue weighted by Crippen LogP contribution is -2.17. The summed E-state index contributed by atoms with van der Waals surface area (Å²) >= 11 is 0. The van der Waals surface area contributed by atoms with Gasteiger partial charge in [-0.2, -0.15) is 0 Å². The molecular weight excluding hydrogens is 382 g/mol. The van der Waals surface area contributed by atoms with Gasteiger partial charge in [0.1, 0.15) is 11.5 Å². The second-order valence-electron chi connectivity index (χ2n) is 8.69. The van der Waals surface area contributed by atoms with Crippen LogP contribution in [0.5, 0.6) is 11.5 Å². The first kappa shape index (κ1) is 22.6. The normalized spacial score (nSPS) is 11.9. The van der Waals surface area contributed by atoms with E-state index < -0.39 is 0 Å². The first-order valence-corrected chi connectivity index (χ1v) is 10.9. The van der Waals surface area contributed by atoms with Crippen molar-refractivity contribution in [2.75, 3.05) is 7.11 Å². The molecule has 0 bridgehead atoms. The van der Waals surface area contributed by atoms with Crippen molar-refractivity contribution in [1.29, 1.82) is 0 Å². The highest BCUT2D eigenvalue weighted by atomic mass is 16.5. The second kappa shape index (κ2) is 10.3. The minimum absolute atomic E-state index is 0.204. The third-order valence-corrected chi connectivity index (χ3v) is 5.20. The number of phenolic OH excluding ortho intramolecular Hbond substituents is 1. The van der Waals surface area contributed by atoms with E-state index in [1.807, 2.05) is 25.1 Å². The number of rotatable bonds is 5. The number of nitrogens with two attached hydrogens (primary N) is 1. The van der Waals surface area contributed by atoms with Crippen molar-refractivity contribution in [2.24, 2.45) is 11.7 Å². The van der Waals surface area contributed by atoms with E-state index >= 15 is 0 Å². The average Bonchev–Trinajstić information content (AvgIpc) is 2.73. The van der Waals surface area contributed by atoms with E-state index in [4.69, 9.17) is 10.5 Å². The monoisotopic (exact) mass is 415 g/mol. The minimum atomic E-state index is 0.204. The number of hydrogen-bond donors (Lipinski definition) is 2. The third kappa shape index (κ3) is 6.47. The van der Waals surface area contributed by atoms with Crippen LogP contribution in [0.1, 0.15) is 31.9 Å². The van der Waals surface area contributed by atoms with Crippen molar-refractivity contribution in [3.05, 3.63) is 83.9 Å². The molecule has 0 amide bonds. The van der Waals surface area contributed by atoms with Crippen LogP contribution >= 0.6 is 0 Å². The van der Waals surface area contributed by atoms with Crippen LogP contribution in [-0.4, -0.2) is 18.3 Å². The van der Waals surface area contributed by atoms with Gasteiger partial charge in [0.15, 0.2) is 0 Å². The first-order valence-electron chi connectivity index (χ1n) is 10.9. The number of phenols is 1. The van der Waals surface area contributed by atoms with Gasteiger partial charge in [0.25, 0.3) is 0 Å². The fourth-order valence-electron chi connectivity index (χ4n) is 3.78. The molecule has 0 fully saturated rings. The van der Waals surface area contributed by atoms with Crippen LogP contribution in [0.3, 0.4) is 0 Å². The van der Waals surface area contributed by atoms with Crippen LogP contribution in [0.4, 0.5) is 0 Å². The summed E-state index contributed by atoms with van der Waals surface area (Å²) in [7, 11) is 1.69. The molecule has 31 heavy (non-hydrogen) atoms. The van der Waals surface area contributed by atoms with E-state index in [9.17, 15) is 5.11 Å². The molecule has 0 heterocycles. The van der Waals surface area contributed by atoms with Gasteiger partial charge in [-0.1, -0.05) is 62.4 Å². The van der Waals surface area contributed by atoms with Gasteiger partial charge in [-0.05, 0) is 82.6 Å². The Morgan fingerprint density at radius 1 is 0.710 bits per heavy atom. The highest BCUT2D eigenvalue weighted by Crippen LogP contribution is 2.23. The molecule has 0 saturated carbocycles. The van der Waals surface area contributed by atoms with Crippen molar-refractivity contribution < 1.29 is 9.84 Å². The van der Waals surface area contributed by atoms with Gasteiger partial charge >= 0.3 is 0 Å². The van der Waals surface area contributed by atoms with Gasteiger partial charge < -0.3 is 15.6 Å². The highest BCUT2D eigenvalue weighted by Gasteiger charge is 2.02. The largest absolute Gasteiger partial charge is 0.508 e. The Kier molecular flexibility index (Phi) is 7.54. The van der Waals surface area contributed by atoms with Crippen LogP contribution in [-0.2, 0) is 12.8 Å². The summed E-state index contributed by atoms with van der Waals surface area (Å²) in [6.07, 6.45) is 2.03. The molecule has 162 valence electrons. The molecule has 4 rings (SSSR count). The SMILES string of the molecule is CC(C)Cc1ccc2cc(O)ccc2c1.COc1ccc2cc(CC(C)N)ccc2c1. The molecule has 0 aromatic heterocycles. The van der Waals surface area contributed by atoms with Crippen molar-refractivity contribution >= 4 is 21.5 Å². The molecule has 0 aliphatic rings. The van der Waals surface area contributed by atoms with Crippen LogP contribution in [0.2, 0.25) is 0 Å². The Hall–Kier alpha value is -3.04. The number of aromatic hydroxyl groups is 1. The van der Waals surface area contributed by atoms with Gasteiger partial charge in [0.05, 0.1) is 7.11 Å². The standard InChI is InChI=1S/C14H17NO.C14H16O/c1-10(15)7-11-3-4-13-9-14(16-2)6-5-12(13)8-11;1-10(2)7-11-3-4-13-9-14(15)6-5-12(13)8-11/h3-6,8-10H,7,15H2,1-2H3;3-6,8-10,15H,7H2,1-2H3.